The maximum absolute atomic E-state index is 12.4. The SMILES string of the molecule is NC(F)(F)C(F)(F)C(F)(F)C(F)=C(F)C(F)(F)F. The van der Waals surface area contributed by atoms with Gasteiger partial charge in [0.15, 0.2) is 0 Å². The lowest BCUT2D eigenvalue weighted by atomic mass is 10.1. The lowest BCUT2D eigenvalue weighted by Crippen LogP contribution is -2.59. The van der Waals surface area contributed by atoms with Crippen LogP contribution in [0, 0.1) is 0 Å². The van der Waals surface area contributed by atoms with Gasteiger partial charge in [-0.25, -0.2) is 4.39 Å². The highest BCUT2D eigenvalue weighted by atomic mass is 19.4. The maximum Gasteiger partial charge on any atom is 0.445 e. The summed E-state index contributed by atoms with van der Waals surface area (Å²) in [6.07, 6.45) is -6.38. The fraction of sp³-hybridized carbons (Fsp3) is 0.667. The van der Waals surface area contributed by atoms with Crippen molar-refractivity contribution in [2.45, 2.75) is 24.1 Å². The first-order valence-electron chi connectivity index (χ1n) is 3.62. The summed E-state index contributed by atoms with van der Waals surface area (Å²) < 4.78 is 132. The molecule has 2 N–H and O–H groups in total. The van der Waals surface area contributed by atoms with E-state index in [0.717, 1.165) is 0 Å². The highest BCUT2D eigenvalue weighted by Gasteiger charge is 2.73. The average molecular weight is 297 g/mol. The van der Waals surface area contributed by atoms with Gasteiger partial charge in [0.25, 0.3) is 0 Å². The number of halogens is 11. The van der Waals surface area contributed by atoms with Crippen LogP contribution in [0.2, 0.25) is 0 Å². The predicted molar refractivity (Wildman–Crippen MR) is 34.3 cm³/mol. The standard InChI is InChI=1S/C6H2F11N/c7-1(2(8)4(11,12)13)3(9,10)5(14,15)6(16,17)18/h18H2. The Hall–Kier alpha value is -1.07. The van der Waals surface area contributed by atoms with Crippen LogP contribution < -0.4 is 5.73 Å². The maximum atomic E-state index is 12.4. The summed E-state index contributed by atoms with van der Waals surface area (Å²) in [5.74, 6) is -22.2. The van der Waals surface area contributed by atoms with Gasteiger partial charge in [0, 0.05) is 0 Å². The molecule has 0 aliphatic carbocycles. The van der Waals surface area contributed by atoms with Crippen LogP contribution in [0.1, 0.15) is 0 Å². The van der Waals surface area contributed by atoms with Crippen molar-refractivity contribution in [2.75, 3.05) is 0 Å². The molecule has 0 bridgehead atoms. The Bertz CT molecular complexity index is 346. The molecule has 0 aliphatic rings. The molecule has 0 spiro atoms. The number of alkyl halides is 9. The van der Waals surface area contributed by atoms with Crippen molar-refractivity contribution in [3.63, 3.8) is 0 Å². The summed E-state index contributed by atoms with van der Waals surface area (Å²) >= 11 is 0. The van der Waals surface area contributed by atoms with E-state index in [1.54, 1.807) is 0 Å². The highest BCUT2D eigenvalue weighted by Crippen LogP contribution is 2.49. The van der Waals surface area contributed by atoms with Gasteiger partial charge in [0.2, 0.25) is 11.7 Å². The summed E-state index contributed by atoms with van der Waals surface area (Å²) in [4.78, 5) is 0. The number of nitrogens with two attached hydrogens (primary N) is 1. The topological polar surface area (TPSA) is 26.0 Å². The summed E-state index contributed by atoms with van der Waals surface area (Å²) in [5, 5.41) is 0. The molecule has 1 nitrogen and oxygen atoms in total. The Morgan fingerprint density at radius 2 is 1.00 bits per heavy atom. The molecule has 0 radical (unpaired) electrons. The minimum absolute atomic E-state index is 3.29. The quantitative estimate of drug-likeness (QED) is 0.626. The van der Waals surface area contributed by atoms with Crippen LogP contribution in [0.4, 0.5) is 48.3 Å². The van der Waals surface area contributed by atoms with E-state index in [4.69, 9.17) is 0 Å². The van der Waals surface area contributed by atoms with Gasteiger partial charge in [-0.15, -0.1) is 0 Å². The Labute approximate surface area is 91.0 Å². The third kappa shape index (κ3) is 2.67. The van der Waals surface area contributed by atoms with E-state index >= 15 is 0 Å². The molecule has 0 atom stereocenters. The predicted octanol–water partition coefficient (Wildman–Crippen LogP) is 3.52. The first-order chi connectivity index (χ1) is 7.57. The second-order valence-corrected chi connectivity index (χ2v) is 2.90. The zero-order chi connectivity index (χ0) is 15.2. The van der Waals surface area contributed by atoms with Gasteiger partial charge in [-0.1, -0.05) is 0 Å². The fourth-order valence-corrected chi connectivity index (χ4v) is 0.609. The molecule has 18 heavy (non-hydrogen) atoms. The van der Waals surface area contributed by atoms with Crippen molar-refractivity contribution >= 4 is 0 Å². The van der Waals surface area contributed by atoms with Crippen LogP contribution in [0.3, 0.4) is 0 Å². The zero-order valence-corrected chi connectivity index (χ0v) is 7.73. The second-order valence-electron chi connectivity index (χ2n) is 2.90. The van der Waals surface area contributed by atoms with Gasteiger partial charge in [-0.05, 0) is 0 Å². The molecule has 0 fully saturated rings. The first kappa shape index (κ1) is 16.9. The van der Waals surface area contributed by atoms with E-state index in [9.17, 15) is 48.3 Å². The number of rotatable bonds is 3. The molecule has 0 saturated heterocycles. The van der Waals surface area contributed by atoms with Crippen molar-refractivity contribution in [1.82, 2.24) is 0 Å². The highest BCUT2D eigenvalue weighted by molar-refractivity contribution is 5.19. The smallest absolute Gasteiger partial charge is 0.267 e. The summed E-state index contributed by atoms with van der Waals surface area (Å²) in [5.41, 5.74) is 3.29. The Morgan fingerprint density at radius 1 is 0.667 bits per heavy atom. The summed E-state index contributed by atoms with van der Waals surface area (Å²) in [6.45, 7) is 0. The fourth-order valence-electron chi connectivity index (χ4n) is 0.609. The molecule has 0 heterocycles. The molecule has 0 rings (SSSR count). The summed E-state index contributed by atoms with van der Waals surface area (Å²) in [6, 6.07) is -6.07. The van der Waals surface area contributed by atoms with E-state index in [-0.39, 0.29) is 0 Å². The molecule has 0 saturated carbocycles. The lowest BCUT2D eigenvalue weighted by molar-refractivity contribution is -0.299. The van der Waals surface area contributed by atoms with E-state index in [2.05, 4.69) is 5.73 Å². The third-order valence-corrected chi connectivity index (χ3v) is 1.53. The van der Waals surface area contributed by atoms with E-state index in [1.165, 1.54) is 0 Å². The minimum atomic E-state index is -6.77. The van der Waals surface area contributed by atoms with Gasteiger partial charge >= 0.3 is 24.1 Å². The van der Waals surface area contributed by atoms with Crippen LogP contribution in [0.5, 0.6) is 0 Å². The molecule has 0 aromatic heterocycles. The minimum Gasteiger partial charge on any atom is -0.267 e. The number of allylic oxidation sites excluding steroid dienone is 2. The van der Waals surface area contributed by atoms with Gasteiger partial charge in [-0.2, -0.15) is 43.9 Å². The molecule has 108 valence electrons. The molecular weight excluding hydrogens is 295 g/mol. The molecule has 0 unspecified atom stereocenters. The number of hydrogen-bond donors (Lipinski definition) is 1. The van der Waals surface area contributed by atoms with Crippen molar-refractivity contribution in [3.8, 4) is 0 Å². The van der Waals surface area contributed by atoms with Gasteiger partial charge in [-0.3, -0.25) is 5.73 Å². The molecule has 0 amide bonds. The van der Waals surface area contributed by atoms with Gasteiger partial charge in [0.1, 0.15) is 0 Å². The first-order valence-corrected chi connectivity index (χ1v) is 3.62. The monoisotopic (exact) mass is 297 g/mol. The Kier molecular flexibility index (Phi) is 3.99. The van der Waals surface area contributed by atoms with E-state index in [0.29, 0.717) is 0 Å². The van der Waals surface area contributed by atoms with E-state index < -0.39 is 35.7 Å². The van der Waals surface area contributed by atoms with Crippen LogP contribution >= 0.6 is 0 Å². The molecule has 0 aliphatic heterocycles. The normalized spacial score (nSPS) is 16.7. The van der Waals surface area contributed by atoms with Crippen LogP contribution in [-0.4, -0.2) is 24.1 Å². The summed E-state index contributed by atoms with van der Waals surface area (Å²) in [7, 11) is 0. The Morgan fingerprint density at radius 3 is 1.22 bits per heavy atom. The van der Waals surface area contributed by atoms with Crippen LogP contribution in [0.15, 0.2) is 11.7 Å². The van der Waals surface area contributed by atoms with Crippen molar-refractivity contribution < 1.29 is 48.3 Å². The van der Waals surface area contributed by atoms with Crippen molar-refractivity contribution in [2.24, 2.45) is 5.73 Å². The van der Waals surface area contributed by atoms with Crippen LogP contribution in [-0.2, 0) is 0 Å². The molecule has 12 heteroatoms. The lowest BCUT2D eigenvalue weighted by Gasteiger charge is -2.29. The van der Waals surface area contributed by atoms with E-state index in [1.807, 2.05) is 0 Å². The molecular formula is C6H2F11N. The number of hydrogen-bond acceptors (Lipinski definition) is 1. The van der Waals surface area contributed by atoms with Crippen LogP contribution in [0.25, 0.3) is 0 Å². The average Bonchev–Trinajstić information content (AvgIpc) is 2.11. The zero-order valence-electron chi connectivity index (χ0n) is 7.73. The van der Waals surface area contributed by atoms with Crippen molar-refractivity contribution in [1.29, 1.82) is 0 Å². The molecule has 0 aromatic rings. The largest absolute Gasteiger partial charge is 0.445 e. The second kappa shape index (κ2) is 4.24. The third-order valence-electron chi connectivity index (χ3n) is 1.53. The van der Waals surface area contributed by atoms with Crippen molar-refractivity contribution in [3.05, 3.63) is 11.7 Å². The Balaban J connectivity index is 5.83. The van der Waals surface area contributed by atoms with Gasteiger partial charge in [0.05, 0.1) is 0 Å². The molecule has 0 aromatic carbocycles. The van der Waals surface area contributed by atoms with Gasteiger partial charge < -0.3 is 0 Å².